The van der Waals surface area contributed by atoms with Crippen LogP contribution in [0.2, 0.25) is 0 Å². The van der Waals surface area contributed by atoms with Gasteiger partial charge in [0, 0.05) is 12.2 Å². The summed E-state index contributed by atoms with van der Waals surface area (Å²) in [6, 6.07) is 1.78. The molecular formula is C12H23N3OS. The van der Waals surface area contributed by atoms with Gasteiger partial charge in [-0.15, -0.1) is 0 Å². The second-order valence-corrected chi connectivity index (χ2v) is 9.81. The summed E-state index contributed by atoms with van der Waals surface area (Å²) < 4.78 is 1.43. The van der Waals surface area contributed by atoms with Gasteiger partial charge in [-0.1, -0.05) is 0 Å². The van der Waals surface area contributed by atoms with Gasteiger partial charge in [-0.2, -0.15) is 9.78 Å². The highest BCUT2D eigenvalue weighted by atomic mass is 32.3. The topological polar surface area (TPSA) is 46.9 Å². The highest BCUT2D eigenvalue weighted by molar-refractivity contribution is 8.32. The third-order valence-corrected chi connectivity index (χ3v) is 3.93. The molecule has 0 unspecified atom stereocenters. The number of amides is 1. The maximum Gasteiger partial charge on any atom is 0.342 e. The van der Waals surface area contributed by atoms with Gasteiger partial charge in [0.05, 0.1) is 5.69 Å². The van der Waals surface area contributed by atoms with Crippen LogP contribution < -0.4 is 5.32 Å². The van der Waals surface area contributed by atoms with Crippen LogP contribution in [0.25, 0.3) is 0 Å². The van der Waals surface area contributed by atoms with Crippen molar-refractivity contribution in [2.45, 2.75) is 20.3 Å². The molecule has 1 amide bonds. The average molecular weight is 257 g/mol. The Balaban J connectivity index is 2.38. The van der Waals surface area contributed by atoms with E-state index in [0.717, 1.165) is 24.4 Å². The van der Waals surface area contributed by atoms with Crippen LogP contribution in [0.5, 0.6) is 0 Å². The van der Waals surface area contributed by atoms with Gasteiger partial charge in [0.1, 0.15) is 0 Å². The Bertz CT molecular complexity index is 393. The largest absolute Gasteiger partial charge is 0.342 e. The summed E-state index contributed by atoms with van der Waals surface area (Å²) in [5.74, 6) is 1.18. The van der Waals surface area contributed by atoms with Gasteiger partial charge in [-0.3, -0.25) is 0 Å². The van der Waals surface area contributed by atoms with E-state index in [-0.39, 0.29) is 6.03 Å². The van der Waals surface area contributed by atoms with Crippen molar-refractivity contribution in [3.63, 3.8) is 0 Å². The molecule has 1 N–H and O–H groups in total. The number of hydrogen-bond acceptors (Lipinski definition) is 2. The molecule has 0 atom stereocenters. The van der Waals surface area contributed by atoms with Gasteiger partial charge in [-0.05, 0) is 50.9 Å². The Morgan fingerprint density at radius 3 is 2.53 bits per heavy atom. The summed E-state index contributed by atoms with van der Waals surface area (Å²) in [4.78, 5) is 11.8. The summed E-state index contributed by atoms with van der Waals surface area (Å²) in [7, 11) is -0.464. The predicted molar refractivity (Wildman–Crippen MR) is 75.3 cm³/mol. The number of rotatable bonds is 4. The Labute approximate surface area is 105 Å². The zero-order chi connectivity index (χ0) is 13.1. The van der Waals surface area contributed by atoms with Crippen LogP contribution >= 0.6 is 10.0 Å². The Morgan fingerprint density at radius 2 is 2.06 bits per heavy atom. The van der Waals surface area contributed by atoms with Crippen molar-refractivity contribution in [1.82, 2.24) is 15.1 Å². The molecule has 0 fully saturated rings. The first-order valence-electron chi connectivity index (χ1n) is 5.77. The Kier molecular flexibility index (Phi) is 4.62. The molecule has 1 heterocycles. The third-order valence-electron chi connectivity index (χ3n) is 2.41. The van der Waals surface area contributed by atoms with Crippen LogP contribution in [-0.4, -0.2) is 46.9 Å². The molecule has 0 aromatic carbocycles. The first-order valence-corrected chi connectivity index (χ1v) is 8.80. The minimum absolute atomic E-state index is 0.125. The molecule has 0 saturated heterocycles. The molecule has 0 aliphatic rings. The van der Waals surface area contributed by atoms with Crippen molar-refractivity contribution in [3.05, 3.63) is 17.5 Å². The number of nitrogens with one attached hydrogen (secondary N) is 1. The van der Waals surface area contributed by atoms with Gasteiger partial charge in [0.2, 0.25) is 0 Å². The fraction of sp³-hybridized carbons (Fsp3) is 0.667. The number of aromatic nitrogens is 2. The van der Waals surface area contributed by atoms with Crippen molar-refractivity contribution in [1.29, 1.82) is 0 Å². The molecule has 1 rings (SSSR count). The zero-order valence-electron chi connectivity index (χ0n) is 11.4. The summed E-state index contributed by atoms with van der Waals surface area (Å²) in [5.41, 5.74) is 1.75. The SMILES string of the molecule is Cc1cc(C)n(C(=O)NCCCS(C)(C)C)n1. The number of nitrogens with zero attached hydrogens (tertiary/aromatic N) is 2. The highest BCUT2D eigenvalue weighted by Gasteiger charge is 2.09. The van der Waals surface area contributed by atoms with Gasteiger partial charge in [-0.25, -0.2) is 14.8 Å². The van der Waals surface area contributed by atoms with E-state index in [1.807, 2.05) is 19.9 Å². The van der Waals surface area contributed by atoms with Gasteiger partial charge < -0.3 is 5.32 Å². The molecular weight excluding hydrogens is 234 g/mol. The van der Waals surface area contributed by atoms with E-state index in [2.05, 4.69) is 29.2 Å². The summed E-state index contributed by atoms with van der Waals surface area (Å²) in [6.45, 7) is 4.50. The Hall–Kier alpha value is -0.970. The maximum atomic E-state index is 11.8. The average Bonchev–Trinajstić information content (AvgIpc) is 2.51. The van der Waals surface area contributed by atoms with Gasteiger partial charge in [0.25, 0.3) is 0 Å². The van der Waals surface area contributed by atoms with E-state index in [9.17, 15) is 4.79 Å². The first-order chi connectivity index (χ1) is 7.79. The van der Waals surface area contributed by atoms with Gasteiger partial charge >= 0.3 is 6.03 Å². The van der Waals surface area contributed by atoms with E-state index in [1.165, 1.54) is 10.4 Å². The fourth-order valence-electron chi connectivity index (χ4n) is 1.61. The predicted octanol–water partition coefficient (Wildman–Crippen LogP) is 2.14. The summed E-state index contributed by atoms with van der Waals surface area (Å²) in [6.07, 6.45) is 7.89. The molecule has 4 nitrogen and oxygen atoms in total. The number of carbonyl (C=O) groups is 1. The molecule has 5 heteroatoms. The molecule has 17 heavy (non-hydrogen) atoms. The van der Waals surface area contributed by atoms with Crippen LogP contribution in [0.15, 0.2) is 6.07 Å². The summed E-state index contributed by atoms with van der Waals surface area (Å²) in [5, 5.41) is 7.05. The number of hydrogen-bond donors (Lipinski definition) is 1. The number of carbonyl (C=O) groups excluding carboxylic acids is 1. The summed E-state index contributed by atoms with van der Waals surface area (Å²) >= 11 is 0. The standard InChI is InChI=1S/C12H23N3OS/c1-10-9-11(2)15(14-10)12(16)13-7-6-8-17(3,4)5/h9H,6-8H2,1-5H3,(H,13,16). The van der Waals surface area contributed by atoms with Crippen LogP contribution in [0.3, 0.4) is 0 Å². The van der Waals surface area contributed by atoms with Crippen molar-refractivity contribution in [2.24, 2.45) is 0 Å². The molecule has 0 spiro atoms. The molecule has 98 valence electrons. The van der Waals surface area contributed by atoms with Crippen molar-refractivity contribution >= 4 is 16.1 Å². The van der Waals surface area contributed by atoms with E-state index in [0.29, 0.717) is 0 Å². The third kappa shape index (κ3) is 4.81. The molecule has 0 aliphatic heterocycles. The lowest BCUT2D eigenvalue weighted by atomic mass is 10.4. The highest BCUT2D eigenvalue weighted by Crippen LogP contribution is 2.34. The van der Waals surface area contributed by atoms with E-state index < -0.39 is 10.0 Å². The van der Waals surface area contributed by atoms with Crippen LogP contribution in [0, 0.1) is 13.8 Å². The smallest absolute Gasteiger partial charge is 0.336 e. The normalized spacial score (nSPS) is 12.5. The molecule has 0 aliphatic carbocycles. The lowest BCUT2D eigenvalue weighted by Crippen LogP contribution is -2.31. The van der Waals surface area contributed by atoms with Crippen LogP contribution in [0.1, 0.15) is 17.8 Å². The van der Waals surface area contributed by atoms with E-state index in [1.54, 1.807) is 0 Å². The lowest BCUT2D eigenvalue weighted by Gasteiger charge is -2.24. The zero-order valence-corrected chi connectivity index (χ0v) is 12.2. The molecule has 0 radical (unpaired) electrons. The van der Waals surface area contributed by atoms with E-state index >= 15 is 0 Å². The van der Waals surface area contributed by atoms with Crippen molar-refractivity contribution < 1.29 is 4.79 Å². The first kappa shape index (κ1) is 14.1. The second-order valence-electron chi connectivity index (χ2n) is 5.22. The molecule has 0 saturated carbocycles. The quantitative estimate of drug-likeness (QED) is 0.840. The minimum Gasteiger partial charge on any atom is -0.336 e. The van der Waals surface area contributed by atoms with Gasteiger partial charge in [0.15, 0.2) is 0 Å². The lowest BCUT2D eigenvalue weighted by molar-refractivity contribution is 0.239. The molecule has 1 aromatic heterocycles. The Morgan fingerprint density at radius 1 is 1.41 bits per heavy atom. The molecule has 1 aromatic rings. The van der Waals surface area contributed by atoms with Crippen molar-refractivity contribution in [3.8, 4) is 0 Å². The van der Waals surface area contributed by atoms with Crippen molar-refractivity contribution in [2.75, 3.05) is 31.1 Å². The minimum atomic E-state index is -0.464. The molecule has 0 bridgehead atoms. The number of aryl methyl sites for hydroxylation is 2. The monoisotopic (exact) mass is 257 g/mol. The van der Waals surface area contributed by atoms with E-state index in [4.69, 9.17) is 0 Å². The second kappa shape index (κ2) is 5.58. The fourth-order valence-corrected chi connectivity index (χ4v) is 2.62. The maximum absolute atomic E-state index is 11.8. The van der Waals surface area contributed by atoms with Crippen LogP contribution in [-0.2, 0) is 0 Å². The van der Waals surface area contributed by atoms with Crippen LogP contribution in [0.4, 0.5) is 4.79 Å².